The van der Waals surface area contributed by atoms with Crippen molar-refractivity contribution < 1.29 is 27.9 Å². The number of hydrogen-bond donors (Lipinski definition) is 2. The van der Waals surface area contributed by atoms with Crippen LogP contribution in [0.3, 0.4) is 0 Å². The van der Waals surface area contributed by atoms with E-state index in [1.807, 2.05) is 0 Å². The normalized spacial score (nSPS) is 27.8. The zero-order valence-electron chi connectivity index (χ0n) is 12.1. The van der Waals surface area contributed by atoms with E-state index in [4.69, 9.17) is 0 Å². The molecule has 2 fully saturated rings. The molecule has 1 aromatic carbocycles. The second-order valence-electron chi connectivity index (χ2n) is 6.10. The maximum atomic E-state index is 12.7. The first-order valence-corrected chi connectivity index (χ1v) is 7.12. The van der Waals surface area contributed by atoms with Crippen molar-refractivity contribution in [2.75, 3.05) is 19.6 Å². The Balaban J connectivity index is 1.78. The lowest BCUT2D eigenvalue weighted by Crippen LogP contribution is -2.40. The largest absolute Gasteiger partial charge is 0.481 e. The lowest BCUT2D eigenvalue weighted by atomic mass is 9.81. The highest BCUT2D eigenvalue weighted by molar-refractivity contribution is 5.92. The molecule has 1 aromatic rings. The summed E-state index contributed by atoms with van der Waals surface area (Å²) >= 11 is 0. The van der Waals surface area contributed by atoms with E-state index in [9.17, 15) is 27.9 Å². The number of halogens is 3. The minimum atomic E-state index is -4.42. The van der Waals surface area contributed by atoms with Gasteiger partial charge in [0.2, 0.25) is 5.91 Å². The standard InChI is InChI=1S/C15H15F3N2O3/c16-15(17,18)10-3-1-2-9(4-10)5-20-6-11-12(21)19-7-14(11,8-20)13(22)23/h1-4,11H,5-8H2,(H,19,21)(H,22,23)/t11-,14+/m0/s1. The van der Waals surface area contributed by atoms with Crippen molar-refractivity contribution >= 4 is 11.9 Å². The minimum absolute atomic E-state index is 0.0604. The van der Waals surface area contributed by atoms with E-state index in [1.54, 1.807) is 11.0 Å². The van der Waals surface area contributed by atoms with Crippen LogP contribution in [-0.2, 0) is 22.3 Å². The summed E-state index contributed by atoms with van der Waals surface area (Å²) in [6, 6.07) is 4.95. The smallest absolute Gasteiger partial charge is 0.416 e. The summed E-state index contributed by atoms with van der Waals surface area (Å²) in [7, 11) is 0. The van der Waals surface area contributed by atoms with E-state index in [-0.39, 0.29) is 32.1 Å². The van der Waals surface area contributed by atoms with E-state index in [0.717, 1.165) is 12.1 Å². The number of benzene rings is 1. The average Bonchev–Trinajstić information content (AvgIpc) is 2.97. The van der Waals surface area contributed by atoms with Crippen molar-refractivity contribution in [2.45, 2.75) is 12.7 Å². The monoisotopic (exact) mass is 328 g/mol. The fraction of sp³-hybridized carbons (Fsp3) is 0.467. The van der Waals surface area contributed by atoms with Gasteiger partial charge < -0.3 is 10.4 Å². The molecule has 2 heterocycles. The van der Waals surface area contributed by atoms with Crippen LogP contribution in [0.1, 0.15) is 11.1 Å². The van der Waals surface area contributed by atoms with E-state index >= 15 is 0 Å². The van der Waals surface area contributed by atoms with Gasteiger partial charge in [0.1, 0.15) is 5.41 Å². The number of carbonyl (C=O) groups excluding carboxylic acids is 1. The molecule has 5 nitrogen and oxygen atoms in total. The van der Waals surface area contributed by atoms with Gasteiger partial charge in [0.25, 0.3) is 0 Å². The summed E-state index contributed by atoms with van der Waals surface area (Å²) in [6.45, 7) is 0.615. The number of rotatable bonds is 3. The third-order valence-electron chi connectivity index (χ3n) is 4.59. The molecule has 3 rings (SSSR count). The number of carboxylic acids is 1. The molecule has 0 aliphatic carbocycles. The predicted octanol–water partition coefficient (Wildman–Crippen LogP) is 1.34. The van der Waals surface area contributed by atoms with Gasteiger partial charge in [-0.25, -0.2) is 0 Å². The third kappa shape index (κ3) is 2.67. The molecule has 2 aliphatic heterocycles. The number of likely N-dealkylation sites (tertiary alicyclic amines) is 1. The van der Waals surface area contributed by atoms with Crippen LogP contribution in [0.4, 0.5) is 13.2 Å². The molecule has 0 saturated carbocycles. The van der Waals surface area contributed by atoms with Crippen LogP contribution in [0, 0.1) is 11.3 Å². The predicted molar refractivity (Wildman–Crippen MR) is 73.3 cm³/mol. The Morgan fingerprint density at radius 1 is 1.43 bits per heavy atom. The van der Waals surface area contributed by atoms with Gasteiger partial charge in [-0.15, -0.1) is 0 Å². The number of alkyl halides is 3. The maximum absolute atomic E-state index is 12.7. The van der Waals surface area contributed by atoms with Gasteiger partial charge in [0.15, 0.2) is 0 Å². The molecule has 2 aliphatic rings. The van der Waals surface area contributed by atoms with Crippen LogP contribution in [0.5, 0.6) is 0 Å². The number of amides is 1. The maximum Gasteiger partial charge on any atom is 0.416 e. The van der Waals surface area contributed by atoms with Crippen molar-refractivity contribution in [1.82, 2.24) is 10.2 Å². The van der Waals surface area contributed by atoms with Gasteiger partial charge >= 0.3 is 12.1 Å². The number of fused-ring (bicyclic) bond motifs is 1. The highest BCUT2D eigenvalue weighted by Gasteiger charge is 2.59. The lowest BCUT2D eigenvalue weighted by Gasteiger charge is -2.22. The highest BCUT2D eigenvalue weighted by Crippen LogP contribution is 2.40. The van der Waals surface area contributed by atoms with Crippen LogP contribution >= 0.6 is 0 Å². The summed E-state index contributed by atoms with van der Waals surface area (Å²) in [5.74, 6) is -2.02. The summed E-state index contributed by atoms with van der Waals surface area (Å²) in [4.78, 5) is 25.1. The highest BCUT2D eigenvalue weighted by atomic mass is 19.4. The first-order chi connectivity index (χ1) is 10.7. The molecule has 0 unspecified atom stereocenters. The van der Waals surface area contributed by atoms with E-state index in [0.29, 0.717) is 5.56 Å². The van der Waals surface area contributed by atoms with Crippen LogP contribution in [0.2, 0.25) is 0 Å². The van der Waals surface area contributed by atoms with Gasteiger partial charge in [0.05, 0.1) is 11.5 Å². The molecule has 2 saturated heterocycles. The van der Waals surface area contributed by atoms with Crippen molar-refractivity contribution in [1.29, 1.82) is 0 Å². The fourth-order valence-corrected chi connectivity index (χ4v) is 3.40. The fourth-order valence-electron chi connectivity index (χ4n) is 3.40. The van der Waals surface area contributed by atoms with Crippen molar-refractivity contribution in [3.63, 3.8) is 0 Å². The van der Waals surface area contributed by atoms with Crippen LogP contribution < -0.4 is 5.32 Å². The summed E-state index contributed by atoms with van der Waals surface area (Å²) in [5, 5.41) is 12.0. The molecule has 0 bridgehead atoms. The Labute approximate surface area is 130 Å². The molecule has 0 spiro atoms. The number of nitrogens with zero attached hydrogens (tertiary/aromatic N) is 1. The van der Waals surface area contributed by atoms with E-state index in [1.165, 1.54) is 6.07 Å². The molecule has 1 amide bonds. The van der Waals surface area contributed by atoms with E-state index < -0.39 is 29.0 Å². The number of carbonyl (C=O) groups is 2. The molecule has 124 valence electrons. The van der Waals surface area contributed by atoms with Gasteiger partial charge in [-0.05, 0) is 11.6 Å². The lowest BCUT2D eigenvalue weighted by molar-refractivity contribution is -0.149. The Morgan fingerprint density at radius 3 is 2.78 bits per heavy atom. The quantitative estimate of drug-likeness (QED) is 0.878. The van der Waals surface area contributed by atoms with Crippen LogP contribution in [-0.4, -0.2) is 41.5 Å². The summed E-state index contributed by atoms with van der Waals surface area (Å²) in [6.07, 6.45) is -4.42. The number of nitrogens with one attached hydrogen (secondary N) is 1. The minimum Gasteiger partial charge on any atom is -0.481 e. The number of aliphatic carboxylic acids is 1. The second-order valence-corrected chi connectivity index (χ2v) is 6.10. The Kier molecular flexibility index (Phi) is 3.59. The summed E-state index contributed by atoms with van der Waals surface area (Å²) < 4.78 is 38.2. The van der Waals surface area contributed by atoms with Gasteiger partial charge in [-0.1, -0.05) is 18.2 Å². The Morgan fingerprint density at radius 2 is 2.17 bits per heavy atom. The van der Waals surface area contributed by atoms with E-state index in [2.05, 4.69) is 5.32 Å². The molecule has 8 heteroatoms. The molecule has 0 radical (unpaired) electrons. The van der Waals surface area contributed by atoms with Crippen molar-refractivity contribution in [3.8, 4) is 0 Å². The summed E-state index contributed by atoms with van der Waals surface area (Å²) in [5.41, 5.74) is -1.47. The first-order valence-electron chi connectivity index (χ1n) is 7.12. The van der Waals surface area contributed by atoms with Crippen molar-refractivity contribution in [2.24, 2.45) is 11.3 Å². The Bertz CT molecular complexity index is 662. The Hall–Kier alpha value is -2.09. The van der Waals surface area contributed by atoms with Crippen molar-refractivity contribution in [3.05, 3.63) is 35.4 Å². The second kappa shape index (κ2) is 5.23. The average molecular weight is 328 g/mol. The molecular formula is C15H15F3N2O3. The molecule has 23 heavy (non-hydrogen) atoms. The molecular weight excluding hydrogens is 313 g/mol. The third-order valence-corrected chi connectivity index (χ3v) is 4.59. The van der Waals surface area contributed by atoms with Gasteiger partial charge in [-0.2, -0.15) is 13.2 Å². The molecule has 0 aromatic heterocycles. The zero-order chi connectivity index (χ0) is 16.8. The van der Waals surface area contributed by atoms with Gasteiger partial charge in [-0.3, -0.25) is 14.5 Å². The van der Waals surface area contributed by atoms with Crippen LogP contribution in [0.25, 0.3) is 0 Å². The van der Waals surface area contributed by atoms with Gasteiger partial charge in [0, 0.05) is 26.2 Å². The van der Waals surface area contributed by atoms with Crippen LogP contribution in [0.15, 0.2) is 24.3 Å². The topological polar surface area (TPSA) is 69.6 Å². The number of hydrogen-bond acceptors (Lipinski definition) is 3. The molecule has 2 N–H and O–H groups in total. The number of carboxylic acid groups (broad SMARTS) is 1. The zero-order valence-corrected chi connectivity index (χ0v) is 12.1. The SMILES string of the molecule is O=C1NC[C@@]2(C(=O)O)CN(Cc3cccc(C(F)(F)F)c3)C[C@@H]12. The first kappa shape index (κ1) is 15.8. The molecule has 2 atom stereocenters.